The zero-order valence-electron chi connectivity index (χ0n) is 17.2. The second kappa shape index (κ2) is 9.74. The molecule has 182 valence electrons. The highest BCUT2D eigenvalue weighted by atomic mass is 35.5. The number of halogens is 7. The average molecular weight is 516 g/mol. The summed E-state index contributed by atoms with van der Waals surface area (Å²) in [5, 5.41) is 6.70. The highest BCUT2D eigenvalue weighted by Crippen LogP contribution is 2.30. The molecule has 0 fully saturated rings. The van der Waals surface area contributed by atoms with Gasteiger partial charge in [-0.15, -0.1) is 0 Å². The van der Waals surface area contributed by atoms with E-state index >= 15 is 0 Å². The summed E-state index contributed by atoms with van der Waals surface area (Å²) in [5.74, 6) is -14.0. The van der Waals surface area contributed by atoms with Gasteiger partial charge in [-0.1, -0.05) is 17.7 Å². The van der Waals surface area contributed by atoms with Crippen LogP contribution in [-0.4, -0.2) is 15.7 Å². The molecule has 0 saturated heterocycles. The van der Waals surface area contributed by atoms with Gasteiger partial charge in [0.1, 0.15) is 18.2 Å². The Morgan fingerprint density at radius 1 is 1.00 bits per heavy atom. The van der Waals surface area contributed by atoms with E-state index < -0.39 is 53.2 Å². The van der Waals surface area contributed by atoms with E-state index in [1.165, 1.54) is 47.4 Å². The first kappa shape index (κ1) is 24.2. The number of anilines is 1. The molecule has 0 aliphatic rings. The molecule has 0 atom stereocenters. The maximum Gasteiger partial charge on any atom is 0.291 e. The first-order valence-electron chi connectivity index (χ1n) is 9.65. The second-order valence-corrected chi connectivity index (χ2v) is 7.44. The van der Waals surface area contributed by atoms with Crippen LogP contribution in [-0.2, 0) is 13.2 Å². The lowest BCUT2D eigenvalue weighted by Gasteiger charge is -2.09. The lowest BCUT2D eigenvalue weighted by molar-refractivity contribution is 0.0992. The quantitative estimate of drug-likeness (QED) is 0.191. The molecular formula is C22H12ClF6N3O3. The van der Waals surface area contributed by atoms with E-state index in [1.807, 2.05) is 0 Å². The Kier molecular flexibility index (Phi) is 6.74. The summed E-state index contributed by atoms with van der Waals surface area (Å²) in [6.07, 6.45) is 2.71. The minimum absolute atomic E-state index is 0.00130. The molecule has 0 aliphatic carbocycles. The number of hydrogen-bond acceptors (Lipinski definition) is 4. The van der Waals surface area contributed by atoms with E-state index in [0.29, 0.717) is 0 Å². The number of nitrogens with zero attached hydrogens (tertiary/aromatic N) is 2. The van der Waals surface area contributed by atoms with Crippen LogP contribution >= 0.6 is 11.6 Å². The standard InChI is InChI=1S/C22H12ClF6N3O3/c23-13-2-1-3-14(24)12(13)8-32-7-10(6-30-32)31-22(33)15-5-4-11(35-15)9-34-21-19(28)17(26)16(25)18(27)20(21)29/h1-7H,8-9H2,(H,31,33). The Bertz CT molecular complexity index is 1370. The number of hydrogen-bond donors (Lipinski definition) is 1. The fourth-order valence-corrected chi connectivity index (χ4v) is 3.21. The van der Waals surface area contributed by atoms with Crippen LogP contribution in [0.25, 0.3) is 0 Å². The van der Waals surface area contributed by atoms with Crippen LogP contribution in [0.4, 0.5) is 32.0 Å². The number of amides is 1. The zero-order valence-corrected chi connectivity index (χ0v) is 18.0. The van der Waals surface area contributed by atoms with Gasteiger partial charge in [-0.3, -0.25) is 9.48 Å². The van der Waals surface area contributed by atoms with Crippen LogP contribution in [0.15, 0.2) is 47.1 Å². The van der Waals surface area contributed by atoms with E-state index in [4.69, 9.17) is 16.0 Å². The van der Waals surface area contributed by atoms with Crippen LogP contribution in [0, 0.1) is 34.9 Å². The Hall–Kier alpha value is -3.93. The van der Waals surface area contributed by atoms with Crippen LogP contribution < -0.4 is 10.1 Å². The highest BCUT2D eigenvalue weighted by Gasteiger charge is 2.27. The maximum atomic E-state index is 13.9. The fraction of sp³-hybridized carbons (Fsp3) is 0.0909. The molecule has 2 heterocycles. The third-order valence-corrected chi connectivity index (χ3v) is 5.04. The van der Waals surface area contributed by atoms with Gasteiger partial charge in [-0.05, 0) is 24.3 Å². The number of aromatic nitrogens is 2. The third-order valence-electron chi connectivity index (χ3n) is 4.69. The van der Waals surface area contributed by atoms with Gasteiger partial charge in [0, 0.05) is 16.8 Å². The monoisotopic (exact) mass is 515 g/mol. The molecule has 1 N–H and O–H groups in total. The van der Waals surface area contributed by atoms with Crippen LogP contribution in [0.5, 0.6) is 5.75 Å². The first-order valence-corrected chi connectivity index (χ1v) is 10.0. The minimum Gasteiger partial charge on any atom is -0.479 e. The second-order valence-electron chi connectivity index (χ2n) is 7.03. The van der Waals surface area contributed by atoms with Crippen molar-refractivity contribution in [2.75, 3.05) is 5.32 Å². The number of ether oxygens (including phenoxy) is 1. The number of rotatable bonds is 7. The van der Waals surface area contributed by atoms with Gasteiger partial charge >= 0.3 is 0 Å². The molecule has 4 aromatic rings. The van der Waals surface area contributed by atoms with Gasteiger partial charge in [0.05, 0.1) is 18.4 Å². The lowest BCUT2D eigenvalue weighted by Crippen LogP contribution is -2.10. The van der Waals surface area contributed by atoms with Crippen molar-refractivity contribution in [2.45, 2.75) is 13.2 Å². The lowest BCUT2D eigenvalue weighted by atomic mass is 10.2. The number of furan rings is 1. The minimum atomic E-state index is -2.32. The maximum absolute atomic E-state index is 13.9. The van der Waals surface area contributed by atoms with Gasteiger partial charge in [0.15, 0.2) is 11.5 Å². The SMILES string of the molecule is O=C(Nc1cnn(Cc2c(F)cccc2Cl)c1)c1ccc(COc2c(F)c(F)c(F)c(F)c2F)o1. The largest absolute Gasteiger partial charge is 0.479 e. The Morgan fingerprint density at radius 2 is 1.69 bits per heavy atom. The Balaban J connectivity index is 1.40. The molecule has 0 aliphatic heterocycles. The van der Waals surface area contributed by atoms with E-state index in [2.05, 4.69) is 15.2 Å². The summed E-state index contributed by atoms with van der Waals surface area (Å²) in [7, 11) is 0. The topological polar surface area (TPSA) is 69.3 Å². The van der Waals surface area contributed by atoms with Crippen molar-refractivity contribution < 1.29 is 40.3 Å². The average Bonchev–Trinajstić information content (AvgIpc) is 3.48. The normalized spacial score (nSPS) is 11.1. The van der Waals surface area contributed by atoms with E-state index in [0.717, 1.165) is 0 Å². The molecule has 0 unspecified atom stereocenters. The van der Waals surface area contributed by atoms with Crippen molar-refractivity contribution in [3.63, 3.8) is 0 Å². The number of nitrogens with one attached hydrogen (secondary N) is 1. The Labute approximate surface area is 197 Å². The molecule has 2 aromatic heterocycles. The molecule has 35 heavy (non-hydrogen) atoms. The summed E-state index contributed by atoms with van der Waals surface area (Å²) in [6, 6.07) is 6.65. The molecule has 6 nitrogen and oxygen atoms in total. The molecule has 2 aromatic carbocycles. The van der Waals surface area contributed by atoms with Gasteiger partial charge in [-0.25, -0.2) is 17.6 Å². The number of carbonyl (C=O) groups is 1. The summed E-state index contributed by atoms with van der Waals surface area (Å²) in [5.41, 5.74) is 0.442. The van der Waals surface area contributed by atoms with E-state index in [1.54, 1.807) is 0 Å². The van der Waals surface area contributed by atoms with E-state index in [9.17, 15) is 31.1 Å². The third kappa shape index (κ3) is 4.97. The fourth-order valence-electron chi connectivity index (χ4n) is 2.98. The van der Waals surface area contributed by atoms with Crippen LogP contribution in [0.2, 0.25) is 5.02 Å². The summed E-state index contributed by atoms with van der Waals surface area (Å²) in [6.45, 7) is -0.728. The highest BCUT2D eigenvalue weighted by molar-refractivity contribution is 6.31. The van der Waals surface area contributed by atoms with Crippen LogP contribution in [0.1, 0.15) is 21.9 Å². The number of benzene rings is 2. The molecule has 0 saturated carbocycles. The molecule has 4 rings (SSSR count). The van der Waals surface area contributed by atoms with Crippen molar-refractivity contribution in [3.05, 3.63) is 99.7 Å². The predicted octanol–water partition coefficient (Wildman–Crippen LogP) is 5.84. The van der Waals surface area contributed by atoms with Gasteiger partial charge in [0.2, 0.25) is 29.1 Å². The van der Waals surface area contributed by atoms with Crippen molar-refractivity contribution >= 4 is 23.2 Å². The van der Waals surface area contributed by atoms with Gasteiger partial charge in [0.25, 0.3) is 5.91 Å². The Morgan fingerprint density at radius 3 is 2.37 bits per heavy atom. The van der Waals surface area contributed by atoms with Crippen molar-refractivity contribution in [3.8, 4) is 5.75 Å². The van der Waals surface area contributed by atoms with Crippen LogP contribution in [0.3, 0.4) is 0 Å². The molecule has 0 bridgehead atoms. The molecule has 0 radical (unpaired) electrons. The summed E-state index contributed by atoms with van der Waals surface area (Å²) >= 11 is 5.99. The smallest absolute Gasteiger partial charge is 0.291 e. The number of carbonyl (C=O) groups excluding carboxylic acids is 1. The zero-order chi connectivity index (χ0) is 25.3. The van der Waals surface area contributed by atoms with Crippen molar-refractivity contribution in [1.82, 2.24) is 9.78 Å². The summed E-state index contributed by atoms with van der Waals surface area (Å²) < 4.78 is 92.2. The predicted molar refractivity (Wildman–Crippen MR) is 110 cm³/mol. The van der Waals surface area contributed by atoms with Crippen molar-refractivity contribution in [1.29, 1.82) is 0 Å². The molecular weight excluding hydrogens is 504 g/mol. The van der Waals surface area contributed by atoms with Crippen molar-refractivity contribution in [2.24, 2.45) is 0 Å². The van der Waals surface area contributed by atoms with Gasteiger partial charge in [-0.2, -0.15) is 13.9 Å². The molecule has 0 spiro atoms. The molecule has 13 heteroatoms. The first-order chi connectivity index (χ1) is 16.7. The molecule has 1 amide bonds. The summed E-state index contributed by atoms with van der Waals surface area (Å²) in [4.78, 5) is 12.4. The van der Waals surface area contributed by atoms with E-state index in [-0.39, 0.29) is 34.3 Å². The van der Waals surface area contributed by atoms with Gasteiger partial charge < -0.3 is 14.5 Å².